The molecule has 1 rings (SSSR count). The van der Waals surface area contributed by atoms with Gasteiger partial charge in [0.2, 0.25) is 0 Å². The zero-order valence-corrected chi connectivity index (χ0v) is 11.3. The summed E-state index contributed by atoms with van der Waals surface area (Å²) < 4.78 is 0. The second-order valence-electron chi connectivity index (χ2n) is 4.81. The second-order valence-corrected chi connectivity index (χ2v) is 4.81. The van der Waals surface area contributed by atoms with Crippen molar-refractivity contribution in [3.05, 3.63) is 29.8 Å². The topological polar surface area (TPSA) is 29.3 Å². The maximum Gasteiger partial charge on any atom is 0.0346 e. The van der Waals surface area contributed by atoms with Crippen LogP contribution >= 0.6 is 0 Å². The molecule has 0 fully saturated rings. The van der Waals surface area contributed by atoms with Crippen LogP contribution in [0.15, 0.2) is 24.3 Å². The first kappa shape index (κ1) is 14.0. The highest BCUT2D eigenvalue weighted by atomic mass is 15.1. The van der Waals surface area contributed by atoms with E-state index in [1.54, 1.807) is 0 Å². The molecule has 2 nitrogen and oxygen atoms in total. The fourth-order valence-corrected chi connectivity index (χ4v) is 2.04. The van der Waals surface area contributed by atoms with E-state index < -0.39 is 0 Å². The molecule has 1 aromatic rings. The molecule has 0 heterocycles. The largest absolute Gasteiger partial charge is 0.399 e. The van der Waals surface area contributed by atoms with E-state index in [2.05, 4.69) is 31.0 Å². The third kappa shape index (κ3) is 5.73. The monoisotopic (exact) mass is 234 g/mol. The summed E-state index contributed by atoms with van der Waals surface area (Å²) in [5, 5.41) is 0. The Labute approximate surface area is 106 Å². The van der Waals surface area contributed by atoms with Gasteiger partial charge in [-0.15, -0.1) is 0 Å². The van der Waals surface area contributed by atoms with Crippen molar-refractivity contribution in [1.82, 2.24) is 4.90 Å². The van der Waals surface area contributed by atoms with Crippen LogP contribution in [-0.4, -0.2) is 25.0 Å². The smallest absolute Gasteiger partial charge is 0.0346 e. The lowest BCUT2D eigenvalue weighted by Gasteiger charge is -2.16. The Kier molecular flexibility index (Phi) is 6.71. The molecule has 0 saturated carbocycles. The van der Waals surface area contributed by atoms with Crippen molar-refractivity contribution in [1.29, 1.82) is 0 Å². The fourth-order valence-electron chi connectivity index (χ4n) is 2.04. The van der Waals surface area contributed by atoms with Gasteiger partial charge in [-0.2, -0.15) is 0 Å². The van der Waals surface area contributed by atoms with Crippen LogP contribution in [0, 0.1) is 0 Å². The SMILES string of the molecule is CCCCCN(C)CCCc1ccccc1N. The Bertz CT molecular complexity index is 310. The minimum absolute atomic E-state index is 0.932. The molecule has 0 saturated heterocycles. The van der Waals surface area contributed by atoms with Crippen LogP contribution in [0.3, 0.4) is 0 Å². The summed E-state index contributed by atoms with van der Waals surface area (Å²) in [5.74, 6) is 0. The summed E-state index contributed by atoms with van der Waals surface area (Å²) in [6.45, 7) is 4.63. The molecule has 0 bridgehead atoms. The van der Waals surface area contributed by atoms with Crippen LogP contribution in [-0.2, 0) is 6.42 Å². The molecule has 0 aliphatic carbocycles. The van der Waals surface area contributed by atoms with Gasteiger partial charge in [-0.05, 0) is 51.0 Å². The molecule has 17 heavy (non-hydrogen) atoms. The Hall–Kier alpha value is -1.02. The molecule has 0 atom stereocenters. The maximum atomic E-state index is 5.92. The lowest BCUT2D eigenvalue weighted by atomic mass is 10.1. The third-order valence-corrected chi connectivity index (χ3v) is 3.18. The average molecular weight is 234 g/mol. The van der Waals surface area contributed by atoms with Crippen molar-refractivity contribution in [2.75, 3.05) is 25.9 Å². The highest BCUT2D eigenvalue weighted by Gasteiger charge is 2.00. The number of rotatable bonds is 8. The first-order valence-corrected chi connectivity index (χ1v) is 6.76. The van der Waals surface area contributed by atoms with Crippen molar-refractivity contribution in [3.63, 3.8) is 0 Å². The van der Waals surface area contributed by atoms with Gasteiger partial charge in [0.15, 0.2) is 0 Å². The number of benzene rings is 1. The van der Waals surface area contributed by atoms with Crippen molar-refractivity contribution in [2.24, 2.45) is 0 Å². The summed E-state index contributed by atoms with van der Waals surface area (Å²) in [6.07, 6.45) is 6.24. The molecular weight excluding hydrogens is 208 g/mol. The molecule has 1 aromatic carbocycles. The normalized spacial score (nSPS) is 11.0. The number of hydrogen-bond acceptors (Lipinski definition) is 2. The average Bonchev–Trinajstić information content (AvgIpc) is 2.32. The Balaban J connectivity index is 2.17. The number of nitrogens with zero attached hydrogens (tertiary/aromatic N) is 1. The van der Waals surface area contributed by atoms with Crippen LogP contribution in [0.1, 0.15) is 38.2 Å². The highest BCUT2D eigenvalue weighted by molar-refractivity contribution is 5.46. The molecule has 0 amide bonds. The minimum atomic E-state index is 0.932. The van der Waals surface area contributed by atoms with E-state index in [1.165, 1.54) is 37.8 Å². The molecule has 96 valence electrons. The number of nitrogen functional groups attached to an aromatic ring is 1. The van der Waals surface area contributed by atoms with E-state index in [-0.39, 0.29) is 0 Å². The molecule has 0 aliphatic rings. The van der Waals surface area contributed by atoms with Gasteiger partial charge in [0.1, 0.15) is 0 Å². The number of unbranched alkanes of at least 4 members (excludes halogenated alkanes) is 2. The number of nitrogens with two attached hydrogens (primary N) is 1. The first-order valence-electron chi connectivity index (χ1n) is 6.76. The highest BCUT2D eigenvalue weighted by Crippen LogP contribution is 2.12. The molecule has 2 N–H and O–H groups in total. The minimum Gasteiger partial charge on any atom is -0.399 e. The van der Waals surface area contributed by atoms with Gasteiger partial charge in [-0.1, -0.05) is 38.0 Å². The molecule has 2 heteroatoms. The summed E-state index contributed by atoms with van der Waals surface area (Å²) in [6, 6.07) is 8.18. The van der Waals surface area contributed by atoms with Crippen LogP contribution in [0.25, 0.3) is 0 Å². The quantitative estimate of drug-likeness (QED) is 0.552. The van der Waals surface area contributed by atoms with Crippen molar-refractivity contribution < 1.29 is 0 Å². The molecule has 0 radical (unpaired) electrons. The summed E-state index contributed by atoms with van der Waals surface area (Å²) in [5.41, 5.74) is 8.14. The molecule has 0 unspecified atom stereocenters. The molecule has 0 aliphatic heterocycles. The van der Waals surface area contributed by atoms with E-state index in [0.717, 1.165) is 18.7 Å². The lowest BCUT2D eigenvalue weighted by Crippen LogP contribution is -2.21. The van der Waals surface area contributed by atoms with E-state index in [0.29, 0.717) is 0 Å². The first-order chi connectivity index (χ1) is 8.24. The van der Waals surface area contributed by atoms with Gasteiger partial charge in [-0.25, -0.2) is 0 Å². The molecular formula is C15H26N2. The van der Waals surface area contributed by atoms with Crippen LogP contribution in [0.2, 0.25) is 0 Å². The zero-order valence-electron chi connectivity index (χ0n) is 11.3. The van der Waals surface area contributed by atoms with Crippen LogP contribution in [0.5, 0.6) is 0 Å². The van der Waals surface area contributed by atoms with Crippen molar-refractivity contribution >= 4 is 5.69 Å². The van der Waals surface area contributed by atoms with Crippen molar-refractivity contribution in [3.8, 4) is 0 Å². The predicted molar refractivity (Wildman–Crippen MR) is 76.2 cm³/mol. The van der Waals surface area contributed by atoms with Gasteiger partial charge >= 0.3 is 0 Å². The third-order valence-electron chi connectivity index (χ3n) is 3.18. The maximum absolute atomic E-state index is 5.92. The van der Waals surface area contributed by atoms with Gasteiger partial charge in [0.25, 0.3) is 0 Å². The van der Waals surface area contributed by atoms with Crippen LogP contribution in [0.4, 0.5) is 5.69 Å². The van der Waals surface area contributed by atoms with E-state index in [9.17, 15) is 0 Å². The number of para-hydroxylation sites is 1. The zero-order chi connectivity index (χ0) is 12.5. The van der Waals surface area contributed by atoms with Gasteiger partial charge in [0.05, 0.1) is 0 Å². The Morgan fingerprint density at radius 2 is 1.76 bits per heavy atom. The van der Waals surface area contributed by atoms with Gasteiger partial charge < -0.3 is 10.6 Å². The van der Waals surface area contributed by atoms with Crippen molar-refractivity contribution in [2.45, 2.75) is 39.0 Å². The van der Waals surface area contributed by atoms with Gasteiger partial charge in [-0.3, -0.25) is 0 Å². The van der Waals surface area contributed by atoms with Crippen LogP contribution < -0.4 is 5.73 Å². The lowest BCUT2D eigenvalue weighted by molar-refractivity contribution is 0.321. The molecule has 0 aromatic heterocycles. The van der Waals surface area contributed by atoms with E-state index >= 15 is 0 Å². The summed E-state index contributed by atoms with van der Waals surface area (Å²) in [4.78, 5) is 2.43. The standard InChI is InChI=1S/C15H26N2/c1-3-4-7-12-17(2)13-8-10-14-9-5-6-11-15(14)16/h5-6,9,11H,3-4,7-8,10,12-13,16H2,1-2H3. The van der Waals surface area contributed by atoms with E-state index in [4.69, 9.17) is 5.73 Å². The Morgan fingerprint density at radius 3 is 2.47 bits per heavy atom. The number of aryl methyl sites for hydroxylation is 1. The Morgan fingerprint density at radius 1 is 1.06 bits per heavy atom. The van der Waals surface area contributed by atoms with E-state index in [1.807, 2.05) is 12.1 Å². The second kappa shape index (κ2) is 8.13. The summed E-state index contributed by atoms with van der Waals surface area (Å²) in [7, 11) is 2.21. The number of hydrogen-bond donors (Lipinski definition) is 1. The number of anilines is 1. The van der Waals surface area contributed by atoms with Gasteiger partial charge in [0, 0.05) is 5.69 Å². The molecule has 0 spiro atoms. The predicted octanol–water partition coefficient (Wildman–Crippen LogP) is 3.32. The fraction of sp³-hybridized carbons (Fsp3) is 0.600. The summed E-state index contributed by atoms with van der Waals surface area (Å²) >= 11 is 0.